The number of ketones is 1. The van der Waals surface area contributed by atoms with Crippen LogP contribution in [0.2, 0.25) is 0 Å². The van der Waals surface area contributed by atoms with E-state index in [-0.39, 0.29) is 30.2 Å². The summed E-state index contributed by atoms with van der Waals surface area (Å²) >= 11 is 0. The fourth-order valence-electron chi connectivity index (χ4n) is 2.99. The second-order valence-corrected chi connectivity index (χ2v) is 7.94. The maximum atomic E-state index is 12.5. The first-order valence-corrected chi connectivity index (χ1v) is 9.01. The van der Waals surface area contributed by atoms with Gasteiger partial charge in [0.15, 0.2) is 5.78 Å². The van der Waals surface area contributed by atoms with Crippen molar-refractivity contribution in [2.45, 2.75) is 39.7 Å². The molecule has 1 unspecified atom stereocenters. The Morgan fingerprint density at radius 3 is 2.39 bits per heavy atom. The van der Waals surface area contributed by atoms with Crippen LogP contribution in [0.15, 0.2) is 54.3 Å². The van der Waals surface area contributed by atoms with E-state index < -0.39 is 12.0 Å². The Bertz CT molecular complexity index is 834. The van der Waals surface area contributed by atoms with Crippen molar-refractivity contribution >= 4 is 17.7 Å². The summed E-state index contributed by atoms with van der Waals surface area (Å²) in [7, 11) is 0. The third kappa shape index (κ3) is 5.70. The molecule has 1 aromatic rings. The molecule has 7 nitrogen and oxygen atoms in total. The number of aliphatic carboxylic acids is 1. The van der Waals surface area contributed by atoms with E-state index in [1.807, 2.05) is 26.8 Å². The zero-order valence-electron chi connectivity index (χ0n) is 16.3. The van der Waals surface area contributed by atoms with E-state index in [2.05, 4.69) is 0 Å². The number of amides is 1. The number of hydrogen-bond donors (Lipinski definition) is 1. The van der Waals surface area contributed by atoms with Crippen molar-refractivity contribution in [2.75, 3.05) is 6.67 Å². The zero-order chi connectivity index (χ0) is 20.9. The number of allylic oxidation sites excluding steroid dienone is 1. The second-order valence-electron chi connectivity index (χ2n) is 7.94. The average Bonchev–Trinajstić information content (AvgIpc) is 2.59. The molecule has 1 aliphatic carbocycles. The molecule has 0 saturated carbocycles. The summed E-state index contributed by atoms with van der Waals surface area (Å²) in [5.41, 5.74) is 0.975. The van der Waals surface area contributed by atoms with Gasteiger partial charge in [0.1, 0.15) is 6.04 Å². The molecule has 1 N–H and O–H groups in total. The number of carboxylic acids is 1. The molecule has 2 aliphatic rings. The molecule has 0 spiro atoms. The van der Waals surface area contributed by atoms with Crippen molar-refractivity contribution in [3.8, 4) is 0 Å². The fourth-order valence-corrected chi connectivity index (χ4v) is 2.99. The molecule has 1 aromatic carbocycles. The van der Waals surface area contributed by atoms with E-state index in [4.69, 9.17) is 5.11 Å². The Balaban J connectivity index is 0.000000300. The fraction of sp³-hybridized carbons (Fsp3) is 0.381. The lowest BCUT2D eigenvalue weighted by atomic mass is 9.92. The van der Waals surface area contributed by atoms with Gasteiger partial charge in [0.05, 0.1) is 16.8 Å². The molecule has 28 heavy (non-hydrogen) atoms. The van der Waals surface area contributed by atoms with Gasteiger partial charge in [0, 0.05) is 16.9 Å². The van der Waals surface area contributed by atoms with Crippen LogP contribution in [0.25, 0.3) is 0 Å². The van der Waals surface area contributed by atoms with Crippen molar-refractivity contribution in [3.63, 3.8) is 0 Å². The summed E-state index contributed by atoms with van der Waals surface area (Å²) in [6.07, 6.45) is 5.37. The number of nitrogens with zero attached hydrogens (tertiary/aromatic N) is 2. The van der Waals surface area contributed by atoms with Gasteiger partial charge in [0.25, 0.3) is 12.6 Å². The summed E-state index contributed by atoms with van der Waals surface area (Å²) in [6.45, 7) is 5.59. The Morgan fingerprint density at radius 1 is 1.21 bits per heavy atom. The number of hydrogen-bond acceptors (Lipinski definition) is 4. The highest BCUT2D eigenvalue weighted by molar-refractivity contribution is 6.00. The van der Waals surface area contributed by atoms with Crippen LogP contribution in [0, 0.1) is 10.3 Å². The lowest BCUT2D eigenvalue weighted by molar-refractivity contribution is -0.506. The van der Waals surface area contributed by atoms with Gasteiger partial charge < -0.3 is 5.11 Å². The van der Waals surface area contributed by atoms with Gasteiger partial charge >= 0.3 is 5.97 Å². The van der Waals surface area contributed by atoms with Crippen molar-refractivity contribution < 1.29 is 24.3 Å². The highest BCUT2D eigenvalue weighted by Gasteiger charge is 2.41. The van der Waals surface area contributed by atoms with Gasteiger partial charge in [0.2, 0.25) is 6.20 Å². The van der Waals surface area contributed by atoms with Crippen LogP contribution >= 0.6 is 0 Å². The lowest BCUT2D eigenvalue weighted by Gasteiger charge is -2.31. The molecule has 0 fully saturated rings. The minimum atomic E-state index is -0.725. The summed E-state index contributed by atoms with van der Waals surface area (Å²) in [6, 6.07) is 8.04. The minimum absolute atomic E-state index is 0.0591. The molecule has 0 saturated heterocycles. The van der Waals surface area contributed by atoms with Gasteiger partial charge in [-0.1, -0.05) is 51.1 Å². The average molecular weight is 385 g/mol. The van der Waals surface area contributed by atoms with E-state index in [1.165, 1.54) is 11.1 Å². The molecule has 1 heterocycles. The van der Waals surface area contributed by atoms with Crippen LogP contribution in [-0.4, -0.2) is 45.1 Å². The molecule has 0 radical (unpaired) electrons. The maximum absolute atomic E-state index is 12.5. The first-order chi connectivity index (χ1) is 13.1. The molecule has 148 valence electrons. The predicted octanol–water partition coefficient (Wildman–Crippen LogP) is 3.17. The summed E-state index contributed by atoms with van der Waals surface area (Å²) in [5.74, 6) is -1.08. The first-order valence-electron chi connectivity index (χ1n) is 9.01. The number of nitroso groups, excluding NO2 is 1. The summed E-state index contributed by atoms with van der Waals surface area (Å²) in [4.78, 5) is 47.6. The van der Waals surface area contributed by atoms with E-state index in [1.54, 1.807) is 36.4 Å². The minimum Gasteiger partial charge on any atom is -0.481 e. The molecule has 0 aromatic heterocycles. The van der Waals surface area contributed by atoms with Gasteiger partial charge in [-0.15, -0.1) is 0 Å². The number of benzene rings is 1. The molecule has 1 aliphatic heterocycles. The van der Waals surface area contributed by atoms with Gasteiger partial charge in [-0.25, -0.2) is 0 Å². The number of rotatable bonds is 2. The Kier molecular flexibility index (Phi) is 6.62. The van der Waals surface area contributed by atoms with Crippen LogP contribution in [0.4, 0.5) is 0 Å². The topological polar surface area (TPSA) is 94.8 Å². The summed E-state index contributed by atoms with van der Waals surface area (Å²) < 4.78 is 0.676. The molecule has 1 atom stereocenters. The molecule has 3 rings (SSSR count). The lowest BCUT2D eigenvalue weighted by Crippen LogP contribution is -2.51. The molecular weight excluding hydrogens is 360 g/mol. The number of carboxylic acid groups (broad SMARTS) is 1. The standard InChI is InChI=1S/C15H13N2O3.C6H12O2/c18-13-8-4-7-12-9-16(20)10-17(14(12)13)15(19)11-5-2-1-3-6-11;1-6(2,3)4-5(7)8/h1-7,9,14H,8,10H2;4H2,1-3H3,(H,7,8)/q+1;. The van der Waals surface area contributed by atoms with Crippen LogP contribution in [-0.2, 0) is 9.59 Å². The zero-order valence-corrected chi connectivity index (χ0v) is 16.3. The normalized spacial score (nSPS) is 18.6. The van der Waals surface area contributed by atoms with Crippen LogP contribution < -0.4 is 0 Å². The van der Waals surface area contributed by atoms with E-state index >= 15 is 0 Å². The quantitative estimate of drug-likeness (QED) is 0.789. The third-order valence-corrected chi connectivity index (χ3v) is 4.11. The smallest absolute Gasteiger partial charge is 0.303 e. The van der Waals surface area contributed by atoms with Gasteiger partial charge in [-0.2, -0.15) is 0 Å². The molecule has 7 heteroatoms. The number of Topliss-reactive ketones (excluding diaryl/α,β-unsaturated/α-hetero) is 1. The van der Waals surface area contributed by atoms with Crippen LogP contribution in [0.5, 0.6) is 0 Å². The highest BCUT2D eigenvalue weighted by atomic mass is 16.4. The highest BCUT2D eigenvalue weighted by Crippen LogP contribution is 2.25. The van der Waals surface area contributed by atoms with Crippen molar-refractivity contribution in [3.05, 3.63) is 64.7 Å². The molecular formula is C21H25N2O5+. The molecule has 1 amide bonds. The van der Waals surface area contributed by atoms with Crippen molar-refractivity contribution in [1.82, 2.24) is 4.90 Å². The van der Waals surface area contributed by atoms with Crippen LogP contribution in [0.1, 0.15) is 44.0 Å². The maximum Gasteiger partial charge on any atom is 0.303 e. The molecule has 0 bridgehead atoms. The first kappa shape index (κ1) is 21.2. The summed E-state index contributed by atoms with van der Waals surface area (Å²) in [5, 5.41) is 8.25. The van der Waals surface area contributed by atoms with E-state index in [9.17, 15) is 19.3 Å². The third-order valence-electron chi connectivity index (χ3n) is 4.11. The largest absolute Gasteiger partial charge is 0.481 e. The Hall–Kier alpha value is -3.09. The van der Waals surface area contributed by atoms with Crippen LogP contribution in [0.3, 0.4) is 0 Å². The Labute approximate surface area is 163 Å². The second kappa shape index (κ2) is 8.73. The van der Waals surface area contributed by atoms with Crippen molar-refractivity contribution in [1.29, 1.82) is 0 Å². The van der Waals surface area contributed by atoms with Crippen molar-refractivity contribution in [2.24, 2.45) is 5.41 Å². The number of carbonyl (C=O) groups is 3. The van der Waals surface area contributed by atoms with E-state index in [0.717, 1.165) is 0 Å². The number of fused-ring (bicyclic) bond motifs is 1. The van der Waals surface area contributed by atoms with E-state index in [0.29, 0.717) is 22.3 Å². The SMILES string of the molecule is CC(C)(C)CC(=O)O.O=C1CC=CC2=C[N+](=O)CN(C(=O)c3ccccc3)C12. The Morgan fingerprint density at radius 2 is 1.86 bits per heavy atom. The predicted molar refractivity (Wildman–Crippen MR) is 103 cm³/mol. The van der Waals surface area contributed by atoms with Gasteiger partial charge in [-0.05, 0) is 17.5 Å². The number of carbonyl (C=O) groups excluding carboxylic acids is 2. The van der Waals surface area contributed by atoms with Gasteiger partial charge in [-0.3, -0.25) is 19.3 Å². The monoisotopic (exact) mass is 385 g/mol.